The minimum absolute atomic E-state index is 0.0280. The molecule has 0 unspecified atom stereocenters. The SMILES string of the molecule is O=C(CSc1ccc(F)cc1)Nc1cccc(S(=O)(=O)NCc2ccco2)c1. The molecular weight excluding hydrogens is 403 g/mol. The molecule has 1 aromatic heterocycles. The fraction of sp³-hybridized carbons (Fsp3) is 0.105. The number of amides is 1. The Labute approximate surface area is 166 Å². The minimum atomic E-state index is -3.76. The lowest BCUT2D eigenvalue weighted by molar-refractivity contribution is -0.113. The van der Waals surface area contributed by atoms with Crippen LogP contribution >= 0.6 is 11.8 Å². The van der Waals surface area contributed by atoms with Crippen LogP contribution in [0.4, 0.5) is 10.1 Å². The van der Waals surface area contributed by atoms with Gasteiger partial charge in [0.15, 0.2) is 0 Å². The van der Waals surface area contributed by atoms with Crippen LogP contribution in [0.2, 0.25) is 0 Å². The Morgan fingerprint density at radius 1 is 1.07 bits per heavy atom. The topological polar surface area (TPSA) is 88.4 Å². The maximum absolute atomic E-state index is 12.9. The molecular formula is C19H17FN2O4S2. The number of rotatable bonds is 8. The number of nitrogens with one attached hydrogen (secondary N) is 2. The van der Waals surface area contributed by atoms with E-state index in [1.165, 1.54) is 42.3 Å². The van der Waals surface area contributed by atoms with E-state index in [9.17, 15) is 17.6 Å². The minimum Gasteiger partial charge on any atom is -0.468 e. The molecule has 3 rings (SSSR count). The molecule has 0 aliphatic heterocycles. The zero-order valence-corrected chi connectivity index (χ0v) is 16.2. The summed E-state index contributed by atoms with van der Waals surface area (Å²) in [6, 6.07) is 15.1. The highest BCUT2D eigenvalue weighted by atomic mass is 32.2. The lowest BCUT2D eigenvalue weighted by atomic mass is 10.3. The fourth-order valence-electron chi connectivity index (χ4n) is 2.28. The van der Waals surface area contributed by atoms with E-state index in [-0.39, 0.29) is 28.9 Å². The van der Waals surface area contributed by atoms with Crippen molar-refractivity contribution in [2.24, 2.45) is 0 Å². The molecule has 1 amide bonds. The van der Waals surface area contributed by atoms with Crippen molar-refractivity contribution < 1.29 is 22.0 Å². The number of furan rings is 1. The Bertz CT molecular complexity index is 1040. The van der Waals surface area contributed by atoms with Gasteiger partial charge in [0.1, 0.15) is 11.6 Å². The van der Waals surface area contributed by atoms with Gasteiger partial charge in [0.05, 0.1) is 23.5 Å². The first-order chi connectivity index (χ1) is 13.4. The van der Waals surface area contributed by atoms with Gasteiger partial charge in [0.25, 0.3) is 0 Å². The molecule has 0 bridgehead atoms. The number of halogens is 1. The monoisotopic (exact) mass is 420 g/mol. The zero-order valence-electron chi connectivity index (χ0n) is 14.6. The predicted molar refractivity (Wildman–Crippen MR) is 105 cm³/mol. The van der Waals surface area contributed by atoms with Gasteiger partial charge in [-0.15, -0.1) is 11.8 Å². The fourth-order valence-corrected chi connectivity index (χ4v) is 4.02. The molecule has 9 heteroatoms. The van der Waals surface area contributed by atoms with Gasteiger partial charge in [-0.05, 0) is 54.6 Å². The van der Waals surface area contributed by atoms with Gasteiger partial charge in [-0.3, -0.25) is 4.79 Å². The van der Waals surface area contributed by atoms with Crippen LogP contribution in [0.5, 0.6) is 0 Å². The number of hydrogen-bond donors (Lipinski definition) is 2. The van der Waals surface area contributed by atoms with Crippen molar-refractivity contribution in [3.05, 3.63) is 78.5 Å². The summed E-state index contributed by atoms with van der Waals surface area (Å²) in [4.78, 5) is 12.9. The van der Waals surface area contributed by atoms with E-state index < -0.39 is 10.0 Å². The molecule has 0 saturated carbocycles. The number of hydrogen-bond acceptors (Lipinski definition) is 5. The van der Waals surface area contributed by atoms with Crippen LogP contribution in [-0.4, -0.2) is 20.1 Å². The maximum Gasteiger partial charge on any atom is 0.241 e. The van der Waals surface area contributed by atoms with Crippen LogP contribution in [0.1, 0.15) is 5.76 Å². The van der Waals surface area contributed by atoms with Crippen LogP contribution < -0.4 is 10.0 Å². The summed E-state index contributed by atoms with van der Waals surface area (Å²) in [5, 5.41) is 2.66. The van der Waals surface area contributed by atoms with Crippen molar-refractivity contribution in [2.45, 2.75) is 16.3 Å². The van der Waals surface area contributed by atoms with Crippen LogP contribution in [0.3, 0.4) is 0 Å². The summed E-state index contributed by atoms with van der Waals surface area (Å²) >= 11 is 1.25. The number of benzene rings is 2. The first-order valence-electron chi connectivity index (χ1n) is 8.23. The average molecular weight is 420 g/mol. The molecule has 0 saturated heterocycles. The van der Waals surface area contributed by atoms with E-state index in [0.29, 0.717) is 11.4 Å². The molecule has 0 atom stereocenters. The Balaban J connectivity index is 1.58. The third-order valence-corrected chi connectivity index (χ3v) is 6.04. The van der Waals surface area contributed by atoms with Crippen LogP contribution in [0.25, 0.3) is 0 Å². The second-order valence-electron chi connectivity index (χ2n) is 5.72. The molecule has 28 heavy (non-hydrogen) atoms. The number of carbonyl (C=O) groups is 1. The van der Waals surface area contributed by atoms with E-state index in [1.807, 2.05) is 0 Å². The van der Waals surface area contributed by atoms with Gasteiger partial charge in [-0.1, -0.05) is 6.07 Å². The summed E-state index contributed by atoms with van der Waals surface area (Å²) in [5.41, 5.74) is 0.366. The second-order valence-corrected chi connectivity index (χ2v) is 8.54. The Morgan fingerprint density at radius 3 is 2.57 bits per heavy atom. The summed E-state index contributed by atoms with van der Waals surface area (Å²) in [6.45, 7) is 0.0280. The second kappa shape index (κ2) is 9.05. The number of carbonyl (C=O) groups excluding carboxylic acids is 1. The smallest absolute Gasteiger partial charge is 0.241 e. The van der Waals surface area contributed by atoms with Gasteiger partial charge >= 0.3 is 0 Å². The van der Waals surface area contributed by atoms with E-state index in [1.54, 1.807) is 36.4 Å². The number of sulfonamides is 1. The number of thioether (sulfide) groups is 1. The van der Waals surface area contributed by atoms with E-state index in [0.717, 1.165) is 4.90 Å². The Kier molecular flexibility index (Phi) is 6.50. The largest absolute Gasteiger partial charge is 0.468 e. The summed E-state index contributed by atoms with van der Waals surface area (Å²) in [6.07, 6.45) is 1.46. The van der Waals surface area contributed by atoms with Crippen LogP contribution in [0, 0.1) is 5.82 Å². The molecule has 2 aromatic carbocycles. The highest BCUT2D eigenvalue weighted by molar-refractivity contribution is 8.00. The molecule has 1 heterocycles. The van der Waals surface area contributed by atoms with Crippen molar-refractivity contribution in [1.82, 2.24) is 4.72 Å². The van der Waals surface area contributed by atoms with Crippen LogP contribution in [0.15, 0.2) is 81.1 Å². The Morgan fingerprint density at radius 2 is 1.86 bits per heavy atom. The molecule has 2 N–H and O–H groups in total. The molecule has 146 valence electrons. The predicted octanol–water partition coefficient (Wildman–Crippen LogP) is 3.63. The number of anilines is 1. The first-order valence-corrected chi connectivity index (χ1v) is 10.7. The van der Waals surface area contributed by atoms with Gasteiger partial charge in [0.2, 0.25) is 15.9 Å². The summed E-state index contributed by atoms with van der Waals surface area (Å²) < 4.78 is 45.2. The van der Waals surface area contributed by atoms with E-state index in [2.05, 4.69) is 10.0 Å². The summed E-state index contributed by atoms with van der Waals surface area (Å²) in [7, 11) is -3.76. The van der Waals surface area contributed by atoms with E-state index >= 15 is 0 Å². The van der Waals surface area contributed by atoms with Crippen molar-refractivity contribution >= 4 is 33.4 Å². The van der Waals surface area contributed by atoms with Crippen molar-refractivity contribution in [3.8, 4) is 0 Å². The molecule has 0 fully saturated rings. The maximum atomic E-state index is 12.9. The van der Waals surface area contributed by atoms with Crippen LogP contribution in [-0.2, 0) is 21.4 Å². The summed E-state index contributed by atoms with van der Waals surface area (Å²) in [5.74, 6) is -0.0370. The average Bonchev–Trinajstić information content (AvgIpc) is 3.20. The first kappa shape index (κ1) is 20.1. The molecule has 0 aliphatic carbocycles. The van der Waals surface area contributed by atoms with Gasteiger partial charge in [-0.2, -0.15) is 0 Å². The third-order valence-electron chi connectivity index (χ3n) is 3.63. The van der Waals surface area contributed by atoms with Crippen molar-refractivity contribution in [1.29, 1.82) is 0 Å². The van der Waals surface area contributed by atoms with Crippen molar-refractivity contribution in [2.75, 3.05) is 11.1 Å². The van der Waals surface area contributed by atoms with Gasteiger partial charge in [-0.25, -0.2) is 17.5 Å². The lowest BCUT2D eigenvalue weighted by Crippen LogP contribution is -2.23. The van der Waals surface area contributed by atoms with E-state index in [4.69, 9.17) is 4.42 Å². The van der Waals surface area contributed by atoms with Crippen molar-refractivity contribution in [3.63, 3.8) is 0 Å². The molecule has 6 nitrogen and oxygen atoms in total. The highest BCUT2D eigenvalue weighted by Crippen LogP contribution is 2.20. The molecule has 3 aromatic rings. The van der Waals surface area contributed by atoms with Gasteiger partial charge in [0, 0.05) is 10.6 Å². The van der Waals surface area contributed by atoms with Gasteiger partial charge < -0.3 is 9.73 Å². The highest BCUT2D eigenvalue weighted by Gasteiger charge is 2.15. The molecule has 0 spiro atoms. The normalized spacial score (nSPS) is 11.3. The lowest BCUT2D eigenvalue weighted by Gasteiger charge is -2.09. The quantitative estimate of drug-likeness (QED) is 0.544. The zero-order chi connectivity index (χ0) is 20.0. The molecule has 0 aliphatic rings. The Hall–Kier alpha value is -2.62. The third kappa shape index (κ3) is 5.69. The molecule has 0 radical (unpaired) electrons. The standard InChI is InChI=1S/C19H17FN2O4S2/c20-14-6-8-17(9-7-14)27-13-19(23)22-15-3-1-5-18(11-15)28(24,25)21-12-16-4-2-10-26-16/h1-11,21H,12-13H2,(H,22,23).